The van der Waals surface area contributed by atoms with Gasteiger partial charge in [0.25, 0.3) is 5.91 Å². The summed E-state index contributed by atoms with van der Waals surface area (Å²) in [5.41, 5.74) is 6.44. The number of methoxy groups -OCH3 is 1. The van der Waals surface area contributed by atoms with Crippen LogP contribution in [0, 0.1) is 5.82 Å². The summed E-state index contributed by atoms with van der Waals surface area (Å²) < 4.78 is 18.3. The van der Waals surface area contributed by atoms with E-state index in [4.69, 9.17) is 5.73 Å². The molecule has 2 aromatic rings. The number of nitrogens with two attached hydrogens (primary N) is 1. The Hall–Kier alpha value is -2.41. The van der Waals surface area contributed by atoms with Crippen molar-refractivity contribution in [2.75, 3.05) is 18.2 Å². The summed E-state index contributed by atoms with van der Waals surface area (Å²) in [7, 11) is 1.23. The second-order valence-electron chi connectivity index (χ2n) is 4.34. The number of carbonyl (C=O) groups excluding carboxylic acids is 2. The van der Waals surface area contributed by atoms with E-state index in [2.05, 4.69) is 26.0 Å². The second-order valence-corrected chi connectivity index (χ2v) is 5.20. The number of rotatable bonds is 3. The fourth-order valence-corrected chi connectivity index (χ4v) is 2.04. The molecule has 0 radical (unpaired) electrons. The normalized spacial score (nSPS) is 10.1. The first kappa shape index (κ1) is 16.0. The predicted octanol–water partition coefficient (Wildman–Crippen LogP) is 3.21. The molecule has 5 nitrogen and oxygen atoms in total. The van der Waals surface area contributed by atoms with E-state index in [1.165, 1.54) is 31.4 Å². The van der Waals surface area contributed by atoms with Crippen LogP contribution in [0.1, 0.15) is 20.7 Å². The van der Waals surface area contributed by atoms with Gasteiger partial charge in [-0.1, -0.05) is 6.07 Å². The fraction of sp³-hybridized carbons (Fsp3) is 0.0667. The molecule has 7 heteroatoms. The van der Waals surface area contributed by atoms with Gasteiger partial charge < -0.3 is 15.8 Å². The van der Waals surface area contributed by atoms with Crippen LogP contribution in [0.3, 0.4) is 0 Å². The molecule has 3 N–H and O–H groups in total. The van der Waals surface area contributed by atoms with Crippen LogP contribution in [-0.2, 0) is 4.74 Å². The SMILES string of the molecule is COC(=O)c1cccc(NC(=O)c2ccc(Br)c(F)c2)c1N. The van der Waals surface area contributed by atoms with E-state index in [1.807, 2.05) is 0 Å². The second kappa shape index (κ2) is 6.57. The first-order valence-electron chi connectivity index (χ1n) is 6.17. The van der Waals surface area contributed by atoms with Gasteiger partial charge in [0.15, 0.2) is 0 Å². The van der Waals surface area contributed by atoms with Gasteiger partial charge >= 0.3 is 5.97 Å². The highest BCUT2D eigenvalue weighted by Gasteiger charge is 2.15. The van der Waals surface area contributed by atoms with Crippen molar-refractivity contribution in [3.8, 4) is 0 Å². The number of anilines is 2. The average Bonchev–Trinajstić information content (AvgIpc) is 2.51. The maximum Gasteiger partial charge on any atom is 0.340 e. The molecule has 22 heavy (non-hydrogen) atoms. The lowest BCUT2D eigenvalue weighted by Crippen LogP contribution is -2.15. The van der Waals surface area contributed by atoms with Crippen molar-refractivity contribution in [2.24, 2.45) is 0 Å². The third-order valence-corrected chi connectivity index (χ3v) is 3.58. The van der Waals surface area contributed by atoms with Gasteiger partial charge in [0.2, 0.25) is 0 Å². The maximum atomic E-state index is 13.5. The number of hydrogen-bond acceptors (Lipinski definition) is 4. The standard InChI is InChI=1S/C15H12BrFN2O3/c1-22-15(21)9-3-2-4-12(13(9)18)19-14(20)8-5-6-10(16)11(17)7-8/h2-7H,18H2,1H3,(H,19,20). The van der Waals surface area contributed by atoms with Crippen LogP contribution in [0.5, 0.6) is 0 Å². The molecule has 2 rings (SSSR count). The number of nitrogen functional groups attached to an aromatic ring is 1. The zero-order valence-corrected chi connectivity index (χ0v) is 13.1. The molecule has 2 aromatic carbocycles. The molecule has 0 unspecified atom stereocenters. The molecule has 0 aromatic heterocycles. The number of carbonyl (C=O) groups is 2. The van der Waals surface area contributed by atoms with E-state index in [1.54, 1.807) is 6.07 Å². The number of esters is 1. The molecule has 0 saturated heterocycles. The van der Waals surface area contributed by atoms with Gasteiger partial charge in [0.05, 0.1) is 28.5 Å². The van der Waals surface area contributed by atoms with Gasteiger partial charge in [-0.25, -0.2) is 9.18 Å². The van der Waals surface area contributed by atoms with E-state index < -0.39 is 17.7 Å². The Morgan fingerprint density at radius 2 is 2.00 bits per heavy atom. The Morgan fingerprint density at radius 1 is 1.27 bits per heavy atom. The summed E-state index contributed by atoms with van der Waals surface area (Å²) in [6, 6.07) is 8.56. The minimum absolute atomic E-state index is 0.0836. The lowest BCUT2D eigenvalue weighted by molar-refractivity contribution is 0.0601. The van der Waals surface area contributed by atoms with Crippen LogP contribution in [0.25, 0.3) is 0 Å². The molecule has 0 aliphatic heterocycles. The van der Waals surface area contributed by atoms with E-state index >= 15 is 0 Å². The minimum atomic E-state index is -0.608. The predicted molar refractivity (Wildman–Crippen MR) is 84.2 cm³/mol. The van der Waals surface area contributed by atoms with Gasteiger partial charge in [-0.3, -0.25) is 4.79 Å². The van der Waals surface area contributed by atoms with Crippen LogP contribution >= 0.6 is 15.9 Å². The average molecular weight is 367 g/mol. The van der Waals surface area contributed by atoms with Crippen LogP contribution < -0.4 is 11.1 Å². The molecule has 0 spiro atoms. The van der Waals surface area contributed by atoms with Crippen molar-refractivity contribution in [2.45, 2.75) is 0 Å². The number of amides is 1. The summed E-state index contributed by atoms with van der Waals surface area (Å²) in [5.74, 6) is -1.70. The number of hydrogen-bond donors (Lipinski definition) is 2. The number of nitrogens with one attached hydrogen (secondary N) is 1. The lowest BCUT2D eigenvalue weighted by atomic mass is 10.1. The highest BCUT2D eigenvalue weighted by atomic mass is 79.9. The molecule has 0 aliphatic rings. The van der Waals surface area contributed by atoms with Crippen molar-refractivity contribution in [3.05, 3.63) is 57.8 Å². The van der Waals surface area contributed by atoms with E-state index in [9.17, 15) is 14.0 Å². The third kappa shape index (κ3) is 3.25. The zero-order chi connectivity index (χ0) is 16.3. The van der Waals surface area contributed by atoms with E-state index in [0.29, 0.717) is 0 Å². The van der Waals surface area contributed by atoms with Gasteiger partial charge in [-0.05, 0) is 46.3 Å². The lowest BCUT2D eigenvalue weighted by Gasteiger charge is -2.11. The molecule has 114 valence electrons. The summed E-state index contributed by atoms with van der Waals surface area (Å²) >= 11 is 3.01. The van der Waals surface area contributed by atoms with Crippen molar-refractivity contribution in [1.82, 2.24) is 0 Å². The monoisotopic (exact) mass is 366 g/mol. The molecule has 0 atom stereocenters. The van der Waals surface area contributed by atoms with Crippen molar-refractivity contribution < 1.29 is 18.7 Å². The number of ether oxygens (including phenoxy) is 1. The van der Waals surface area contributed by atoms with Gasteiger partial charge in [0.1, 0.15) is 5.82 Å². The largest absolute Gasteiger partial charge is 0.465 e. The number of para-hydroxylation sites is 1. The summed E-state index contributed by atoms with van der Waals surface area (Å²) in [6.45, 7) is 0. The van der Waals surface area contributed by atoms with Gasteiger partial charge in [-0.2, -0.15) is 0 Å². The topological polar surface area (TPSA) is 81.4 Å². The van der Waals surface area contributed by atoms with Crippen LogP contribution in [0.2, 0.25) is 0 Å². The maximum absolute atomic E-state index is 13.5. The zero-order valence-electron chi connectivity index (χ0n) is 11.5. The molecule has 0 aliphatic carbocycles. The smallest absolute Gasteiger partial charge is 0.340 e. The molecule has 0 fully saturated rings. The number of halogens is 2. The minimum Gasteiger partial charge on any atom is -0.465 e. The fourth-order valence-electron chi connectivity index (χ4n) is 1.79. The molecular weight excluding hydrogens is 355 g/mol. The molecule has 0 saturated carbocycles. The van der Waals surface area contributed by atoms with Gasteiger partial charge in [0, 0.05) is 5.56 Å². The van der Waals surface area contributed by atoms with Crippen molar-refractivity contribution in [3.63, 3.8) is 0 Å². The van der Waals surface area contributed by atoms with Crippen LogP contribution in [0.15, 0.2) is 40.9 Å². The van der Waals surface area contributed by atoms with Crippen molar-refractivity contribution >= 4 is 39.2 Å². The Morgan fingerprint density at radius 3 is 2.64 bits per heavy atom. The number of benzene rings is 2. The molecule has 0 bridgehead atoms. The van der Waals surface area contributed by atoms with E-state index in [-0.39, 0.29) is 27.0 Å². The summed E-state index contributed by atoms with van der Waals surface area (Å²) in [5, 5.41) is 2.54. The Labute approximate surface area is 134 Å². The highest BCUT2D eigenvalue weighted by molar-refractivity contribution is 9.10. The van der Waals surface area contributed by atoms with Crippen molar-refractivity contribution in [1.29, 1.82) is 0 Å². The quantitative estimate of drug-likeness (QED) is 0.645. The highest BCUT2D eigenvalue weighted by Crippen LogP contribution is 2.24. The Bertz CT molecular complexity index is 750. The van der Waals surface area contributed by atoms with E-state index in [0.717, 1.165) is 6.07 Å². The van der Waals surface area contributed by atoms with Crippen LogP contribution in [-0.4, -0.2) is 19.0 Å². The summed E-state index contributed by atoms with van der Waals surface area (Å²) in [4.78, 5) is 23.7. The first-order chi connectivity index (χ1) is 10.4. The first-order valence-corrected chi connectivity index (χ1v) is 6.96. The Balaban J connectivity index is 2.28. The summed E-state index contributed by atoms with van der Waals surface area (Å²) in [6.07, 6.45) is 0. The Kier molecular flexibility index (Phi) is 4.77. The molecule has 0 heterocycles. The molecule has 1 amide bonds. The third-order valence-electron chi connectivity index (χ3n) is 2.94. The van der Waals surface area contributed by atoms with Crippen LogP contribution in [0.4, 0.5) is 15.8 Å². The van der Waals surface area contributed by atoms with Gasteiger partial charge in [-0.15, -0.1) is 0 Å². The molecular formula is C15H12BrFN2O3.